The van der Waals surface area contributed by atoms with Gasteiger partial charge in [0.15, 0.2) is 0 Å². The molecule has 0 aliphatic rings. The number of aromatic nitrogens is 2. The normalized spacial score (nSPS) is 11.0. The van der Waals surface area contributed by atoms with E-state index in [1.165, 1.54) is 11.3 Å². The second kappa shape index (κ2) is 7.11. The Morgan fingerprint density at radius 3 is 2.65 bits per heavy atom. The molecule has 0 radical (unpaired) electrons. The lowest BCUT2D eigenvalue weighted by Crippen LogP contribution is -2.10. The molecule has 2 heterocycles. The molecular formula is C19H13Cl2N3OS. The van der Waals surface area contributed by atoms with Crippen molar-refractivity contribution in [2.24, 2.45) is 0 Å². The van der Waals surface area contributed by atoms with Crippen LogP contribution < -0.4 is 5.32 Å². The van der Waals surface area contributed by atoms with Crippen molar-refractivity contribution in [3.05, 3.63) is 81.4 Å². The Hall–Kier alpha value is -2.34. The predicted molar refractivity (Wildman–Crippen MR) is 108 cm³/mol. The second-order valence-electron chi connectivity index (χ2n) is 5.75. The molecule has 2 aromatic carbocycles. The van der Waals surface area contributed by atoms with E-state index >= 15 is 0 Å². The molecule has 0 unspecified atom stereocenters. The van der Waals surface area contributed by atoms with Crippen molar-refractivity contribution >= 4 is 56.2 Å². The topological polar surface area (TPSA) is 46.9 Å². The molecule has 0 spiro atoms. The van der Waals surface area contributed by atoms with E-state index in [9.17, 15) is 4.79 Å². The molecule has 26 heavy (non-hydrogen) atoms. The molecule has 2 aromatic heterocycles. The molecule has 0 saturated carbocycles. The van der Waals surface area contributed by atoms with Gasteiger partial charge in [-0.25, -0.2) is 0 Å². The fourth-order valence-corrected chi connectivity index (χ4v) is 4.18. The minimum Gasteiger partial charge on any atom is -0.319 e. The molecular weight excluding hydrogens is 389 g/mol. The van der Waals surface area contributed by atoms with Gasteiger partial charge in [-0.2, -0.15) is 5.10 Å². The third-order valence-corrected chi connectivity index (χ3v) is 5.82. The highest BCUT2D eigenvalue weighted by Crippen LogP contribution is 2.35. The number of nitrogens with one attached hydrogen (secondary N) is 1. The predicted octanol–water partition coefficient (Wildman–Crippen LogP) is 5.71. The minimum atomic E-state index is -0.234. The monoisotopic (exact) mass is 401 g/mol. The first-order valence-electron chi connectivity index (χ1n) is 7.85. The van der Waals surface area contributed by atoms with Gasteiger partial charge in [0.05, 0.1) is 23.5 Å². The van der Waals surface area contributed by atoms with Crippen LogP contribution in [-0.2, 0) is 6.54 Å². The Morgan fingerprint density at radius 2 is 1.88 bits per heavy atom. The van der Waals surface area contributed by atoms with Gasteiger partial charge in [0.2, 0.25) is 0 Å². The summed E-state index contributed by atoms with van der Waals surface area (Å²) < 4.78 is 2.74. The summed E-state index contributed by atoms with van der Waals surface area (Å²) in [6.45, 7) is 0.594. The van der Waals surface area contributed by atoms with Crippen LogP contribution in [0.5, 0.6) is 0 Å². The first kappa shape index (κ1) is 17.1. The number of carbonyl (C=O) groups excluding carboxylic acids is 1. The van der Waals surface area contributed by atoms with Gasteiger partial charge in [0.1, 0.15) is 4.88 Å². The number of thiophene rings is 1. The number of hydrogen-bond acceptors (Lipinski definition) is 3. The van der Waals surface area contributed by atoms with Gasteiger partial charge in [-0.1, -0.05) is 53.5 Å². The van der Waals surface area contributed by atoms with Crippen LogP contribution in [-0.4, -0.2) is 15.7 Å². The number of benzene rings is 2. The molecule has 130 valence electrons. The molecule has 4 rings (SSSR count). The lowest BCUT2D eigenvalue weighted by atomic mass is 10.2. The van der Waals surface area contributed by atoms with Crippen molar-refractivity contribution in [1.82, 2.24) is 9.78 Å². The Kier molecular flexibility index (Phi) is 4.68. The Labute approximate surface area is 164 Å². The van der Waals surface area contributed by atoms with Gasteiger partial charge in [-0.3, -0.25) is 9.48 Å². The van der Waals surface area contributed by atoms with E-state index in [0.29, 0.717) is 27.2 Å². The number of carbonyl (C=O) groups is 1. The zero-order chi connectivity index (χ0) is 18.1. The van der Waals surface area contributed by atoms with Gasteiger partial charge in [0.25, 0.3) is 5.91 Å². The summed E-state index contributed by atoms with van der Waals surface area (Å²) in [7, 11) is 0. The zero-order valence-electron chi connectivity index (χ0n) is 13.4. The van der Waals surface area contributed by atoms with Crippen molar-refractivity contribution < 1.29 is 4.79 Å². The fourth-order valence-electron chi connectivity index (χ4n) is 2.64. The summed E-state index contributed by atoms with van der Waals surface area (Å²) in [5.41, 5.74) is 1.69. The number of anilines is 1. The highest BCUT2D eigenvalue weighted by atomic mass is 35.5. The van der Waals surface area contributed by atoms with Crippen LogP contribution in [0.3, 0.4) is 0 Å². The molecule has 1 N–H and O–H groups in total. The number of nitrogens with zero attached hydrogens (tertiary/aromatic N) is 2. The van der Waals surface area contributed by atoms with E-state index in [2.05, 4.69) is 10.4 Å². The van der Waals surface area contributed by atoms with Gasteiger partial charge >= 0.3 is 0 Å². The van der Waals surface area contributed by atoms with Crippen LogP contribution in [0.4, 0.5) is 5.69 Å². The highest BCUT2D eigenvalue weighted by Gasteiger charge is 2.17. The van der Waals surface area contributed by atoms with Gasteiger partial charge in [-0.05, 0) is 23.8 Å². The maximum Gasteiger partial charge on any atom is 0.267 e. The molecule has 0 bridgehead atoms. The molecule has 0 aliphatic carbocycles. The average Bonchev–Trinajstić information content (AvgIpc) is 3.22. The van der Waals surface area contributed by atoms with Crippen molar-refractivity contribution in [2.75, 3.05) is 5.32 Å². The third-order valence-electron chi connectivity index (χ3n) is 3.89. The maximum atomic E-state index is 12.6. The molecule has 7 heteroatoms. The lowest BCUT2D eigenvalue weighted by Gasteiger charge is -2.02. The molecule has 4 nitrogen and oxygen atoms in total. The highest BCUT2D eigenvalue weighted by molar-refractivity contribution is 7.21. The van der Waals surface area contributed by atoms with Crippen LogP contribution in [0.25, 0.3) is 10.1 Å². The molecule has 0 saturated heterocycles. The summed E-state index contributed by atoms with van der Waals surface area (Å²) in [5, 5.41) is 9.21. The first-order valence-corrected chi connectivity index (χ1v) is 9.43. The van der Waals surface area contributed by atoms with Crippen molar-refractivity contribution in [2.45, 2.75) is 6.54 Å². The summed E-state index contributed by atoms with van der Waals surface area (Å²) >= 11 is 13.6. The van der Waals surface area contributed by atoms with E-state index in [-0.39, 0.29) is 5.91 Å². The maximum absolute atomic E-state index is 12.6. The fraction of sp³-hybridized carbons (Fsp3) is 0.0526. The summed E-state index contributed by atoms with van der Waals surface area (Å²) in [6.07, 6.45) is 3.41. The molecule has 0 fully saturated rings. The van der Waals surface area contributed by atoms with Crippen LogP contribution in [0.1, 0.15) is 15.2 Å². The van der Waals surface area contributed by atoms with Crippen LogP contribution in [0.15, 0.2) is 60.9 Å². The summed E-state index contributed by atoms with van der Waals surface area (Å²) in [4.78, 5) is 13.1. The molecule has 0 aliphatic heterocycles. The van der Waals surface area contributed by atoms with Crippen molar-refractivity contribution in [3.8, 4) is 0 Å². The van der Waals surface area contributed by atoms with Crippen LogP contribution in [0, 0.1) is 0 Å². The molecule has 4 aromatic rings. The van der Waals surface area contributed by atoms with Gasteiger partial charge < -0.3 is 5.32 Å². The Morgan fingerprint density at radius 1 is 1.12 bits per heavy atom. The van der Waals surface area contributed by atoms with E-state index in [1.807, 2.05) is 48.5 Å². The lowest BCUT2D eigenvalue weighted by molar-refractivity contribution is 0.103. The third kappa shape index (κ3) is 3.46. The second-order valence-corrected chi connectivity index (χ2v) is 7.62. The van der Waals surface area contributed by atoms with E-state index < -0.39 is 0 Å². The zero-order valence-corrected chi connectivity index (χ0v) is 15.8. The number of fused-ring (bicyclic) bond motifs is 1. The minimum absolute atomic E-state index is 0.234. The Bertz CT molecular complexity index is 1090. The number of rotatable bonds is 4. The largest absolute Gasteiger partial charge is 0.319 e. The smallest absolute Gasteiger partial charge is 0.267 e. The number of amides is 1. The van der Waals surface area contributed by atoms with E-state index in [4.69, 9.17) is 23.2 Å². The van der Waals surface area contributed by atoms with Crippen LogP contribution >= 0.6 is 34.5 Å². The van der Waals surface area contributed by atoms with E-state index in [1.54, 1.807) is 17.1 Å². The van der Waals surface area contributed by atoms with Crippen LogP contribution in [0.2, 0.25) is 10.0 Å². The number of hydrogen-bond donors (Lipinski definition) is 1. The summed E-state index contributed by atoms with van der Waals surface area (Å²) in [6, 6.07) is 15.3. The van der Waals surface area contributed by atoms with Crippen molar-refractivity contribution in [3.63, 3.8) is 0 Å². The number of halogens is 2. The van der Waals surface area contributed by atoms with Gasteiger partial charge in [0, 0.05) is 21.3 Å². The summed E-state index contributed by atoms with van der Waals surface area (Å²) in [5.74, 6) is -0.234. The molecule has 0 atom stereocenters. The van der Waals surface area contributed by atoms with E-state index in [0.717, 1.165) is 15.6 Å². The standard InChI is InChI=1S/C19H13Cl2N3OS/c20-13-7-5-12(6-8-13)10-24-11-14(9-22-24)23-19(25)18-17(21)15-3-1-2-4-16(15)26-18/h1-9,11H,10H2,(H,23,25). The van der Waals surface area contributed by atoms with Crippen molar-refractivity contribution in [1.29, 1.82) is 0 Å². The molecule has 1 amide bonds. The Balaban J connectivity index is 1.50. The van der Waals surface area contributed by atoms with Gasteiger partial charge in [-0.15, -0.1) is 11.3 Å². The first-order chi connectivity index (χ1) is 12.6. The SMILES string of the molecule is O=C(Nc1cnn(Cc2ccc(Cl)cc2)c1)c1sc2ccccc2c1Cl. The quantitative estimate of drug-likeness (QED) is 0.476. The average molecular weight is 402 g/mol.